The van der Waals surface area contributed by atoms with Crippen molar-refractivity contribution in [2.24, 2.45) is 0 Å². The van der Waals surface area contributed by atoms with Crippen molar-refractivity contribution >= 4 is 20.8 Å². The van der Waals surface area contributed by atoms with E-state index in [1.165, 1.54) is 0 Å². The quantitative estimate of drug-likeness (QED) is 0.683. The molecule has 1 unspecified atom stereocenters. The van der Waals surface area contributed by atoms with Crippen molar-refractivity contribution in [3.05, 3.63) is 0 Å². The maximum Gasteiger partial charge on any atom is 0.690 e. The van der Waals surface area contributed by atoms with Crippen LogP contribution in [0.5, 0.6) is 0 Å². The van der Waals surface area contributed by atoms with Crippen molar-refractivity contribution in [3.63, 3.8) is 0 Å². The van der Waals surface area contributed by atoms with Crippen molar-refractivity contribution in [2.45, 2.75) is 58.0 Å². The van der Waals surface area contributed by atoms with E-state index in [0.29, 0.717) is 6.42 Å². The average molecular weight is 232 g/mol. The van der Waals surface area contributed by atoms with Gasteiger partial charge in [0.15, 0.2) is 0 Å². The molecule has 0 radical (unpaired) electrons. The van der Waals surface area contributed by atoms with Crippen LogP contribution in [0.1, 0.15) is 41.0 Å². The molecule has 0 aromatic carbocycles. The number of carbonyl (C=O) groups is 1. The first-order valence-electron chi connectivity index (χ1n) is 5.42. The van der Waals surface area contributed by atoms with E-state index in [2.05, 4.69) is 0 Å². The van der Waals surface area contributed by atoms with Gasteiger partial charge in [0.2, 0.25) is 0 Å². The van der Waals surface area contributed by atoms with Crippen LogP contribution in [0.15, 0.2) is 0 Å². The fourth-order valence-corrected chi connectivity index (χ4v) is 3.38. The van der Waals surface area contributed by atoms with Gasteiger partial charge in [-0.1, -0.05) is 6.92 Å². The minimum absolute atomic E-state index is 0.0221. The van der Waals surface area contributed by atoms with E-state index in [1.54, 1.807) is 0 Å². The van der Waals surface area contributed by atoms with Gasteiger partial charge in [-0.05, 0) is 34.1 Å². The monoisotopic (exact) mass is 232 g/mol. The second-order valence-corrected chi connectivity index (χ2v) is 6.18. The molecule has 4 nitrogen and oxygen atoms in total. The summed E-state index contributed by atoms with van der Waals surface area (Å²) in [6, 6.07) is 0. The van der Waals surface area contributed by atoms with Crippen molar-refractivity contribution in [2.75, 3.05) is 0 Å². The molecule has 0 fully saturated rings. The molecule has 5 heteroatoms. The van der Waals surface area contributed by atoms with Crippen LogP contribution >= 0.6 is 0 Å². The Balaban J connectivity index is 4.50. The SMILES string of the molecule is CC[CH](C(=O)O)[Al]([O]C(C)C)[O]C(C)C. The lowest BCUT2D eigenvalue weighted by Gasteiger charge is -2.22. The van der Waals surface area contributed by atoms with Crippen molar-refractivity contribution in [3.8, 4) is 0 Å². The van der Waals surface area contributed by atoms with Gasteiger partial charge >= 0.3 is 14.8 Å². The molecule has 0 aromatic rings. The van der Waals surface area contributed by atoms with Gasteiger partial charge in [0.05, 0.1) is 4.78 Å². The number of rotatable bonds is 7. The topological polar surface area (TPSA) is 55.8 Å². The first-order valence-corrected chi connectivity index (χ1v) is 7.03. The van der Waals surface area contributed by atoms with Crippen LogP contribution in [0, 0.1) is 0 Å². The van der Waals surface area contributed by atoms with Gasteiger partial charge in [-0.15, -0.1) is 0 Å². The van der Waals surface area contributed by atoms with Crippen LogP contribution in [-0.2, 0) is 12.4 Å². The standard InChI is InChI=1S/C4H7O2.2C3H7O.Al/c1-2-3-4(5)6;2*1-3(2)4;/h3H,2H2,1H3,(H,5,6);2*3H,1-2H3;/q;2*-1;+2. The average Bonchev–Trinajstić information content (AvgIpc) is 2.01. The minimum Gasteiger partial charge on any atom is -0.482 e. The molecule has 0 saturated carbocycles. The van der Waals surface area contributed by atoms with Crippen LogP contribution in [-0.4, -0.2) is 38.1 Å². The predicted octanol–water partition coefficient (Wildman–Crippen LogP) is 2.19. The summed E-state index contributed by atoms with van der Waals surface area (Å²) in [5.74, 6) is -0.810. The van der Waals surface area contributed by atoms with E-state index >= 15 is 0 Å². The second-order valence-electron chi connectivity index (χ2n) is 4.09. The highest BCUT2D eigenvalue weighted by Gasteiger charge is 2.41. The first-order chi connectivity index (χ1) is 6.88. The van der Waals surface area contributed by atoms with Gasteiger partial charge < -0.3 is 12.7 Å². The summed E-state index contributed by atoms with van der Waals surface area (Å²) in [4.78, 5) is 11.0. The summed E-state index contributed by atoms with van der Waals surface area (Å²) in [5.41, 5.74) is 0. The van der Waals surface area contributed by atoms with Crippen molar-refractivity contribution in [1.29, 1.82) is 0 Å². The largest absolute Gasteiger partial charge is 0.690 e. The number of hydrogen-bond donors (Lipinski definition) is 1. The molecule has 1 N–H and O–H groups in total. The van der Waals surface area contributed by atoms with Gasteiger partial charge in [-0.25, -0.2) is 0 Å². The lowest BCUT2D eigenvalue weighted by molar-refractivity contribution is -0.137. The molecule has 0 aromatic heterocycles. The molecule has 0 spiro atoms. The Morgan fingerprint density at radius 2 is 1.60 bits per heavy atom. The van der Waals surface area contributed by atoms with Gasteiger partial charge in [0.1, 0.15) is 0 Å². The fraction of sp³-hybridized carbons (Fsp3) is 0.900. The summed E-state index contributed by atoms with van der Waals surface area (Å²) >= 11 is -2.12. The molecule has 0 rings (SSSR count). The third-order valence-electron chi connectivity index (χ3n) is 1.90. The summed E-state index contributed by atoms with van der Waals surface area (Å²) in [6.07, 6.45) is 0.605. The Bertz CT molecular complexity index is 184. The number of hydrogen-bond acceptors (Lipinski definition) is 3. The summed E-state index contributed by atoms with van der Waals surface area (Å²) in [5, 5.41) is 9.04. The predicted molar refractivity (Wildman–Crippen MR) is 59.9 cm³/mol. The zero-order chi connectivity index (χ0) is 12.0. The van der Waals surface area contributed by atoms with E-state index in [4.69, 9.17) is 12.7 Å². The smallest absolute Gasteiger partial charge is 0.482 e. The second kappa shape index (κ2) is 7.24. The molecular weight excluding hydrogens is 211 g/mol. The van der Waals surface area contributed by atoms with Crippen LogP contribution < -0.4 is 0 Å². The first kappa shape index (κ1) is 14.9. The van der Waals surface area contributed by atoms with Crippen molar-refractivity contribution in [1.82, 2.24) is 0 Å². The maximum atomic E-state index is 11.0. The summed E-state index contributed by atoms with van der Waals surface area (Å²) in [7, 11) is 0. The molecule has 0 bridgehead atoms. The molecule has 88 valence electrons. The molecule has 0 aliphatic rings. The zero-order valence-electron chi connectivity index (χ0n) is 10.2. The lowest BCUT2D eigenvalue weighted by Crippen LogP contribution is -2.37. The Morgan fingerprint density at radius 3 is 1.80 bits per heavy atom. The molecule has 0 heterocycles. The zero-order valence-corrected chi connectivity index (χ0v) is 11.3. The molecule has 0 saturated heterocycles. The Hall–Kier alpha value is -0.0775. The van der Waals surface area contributed by atoms with E-state index in [9.17, 15) is 4.79 Å². The van der Waals surface area contributed by atoms with Crippen LogP contribution in [0.2, 0.25) is 4.78 Å². The molecule has 15 heavy (non-hydrogen) atoms. The van der Waals surface area contributed by atoms with Gasteiger partial charge in [-0.2, -0.15) is 0 Å². The third kappa shape index (κ3) is 6.16. The summed E-state index contributed by atoms with van der Waals surface area (Å²) in [6.45, 7) is 9.46. The maximum absolute atomic E-state index is 11.0. The molecular formula is C10H21AlO4. The minimum atomic E-state index is -2.12. The highest BCUT2D eigenvalue weighted by Crippen LogP contribution is 2.19. The number of carboxylic acids is 1. The summed E-state index contributed by atoms with van der Waals surface area (Å²) < 4.78 is 10.8. The van der Waals surface area contributed by atoms with Crippen molar-refractivity contribution < 1.29 is 17.5 Å². The normalized spacial score (nSPS) is 13.3. The van der Waals surface area contributed by atoms with E-state index < -0.39 is 25.6 Å². The number of aliphatic carboxylic acids is 1. The molecule has 0 amide bonds. The Morgan fingerprint density at radius 1 is 1.20 bits per heavy atom. The van der Waals surface area contributed by atoms with E-state index in [-0.39, 0.29) is 12.2 Å². The van der Waals surface area contributed by atoms with Crippen LogP contribution in [0.25, 0.3) is 0 Å². The highest BCUT2D eigenvalue weighted by molar-refractivity contribution is 6.51. The Labute approximate surface area is 96.6 Å². The molecule has 0 aliphatic heterocycles. The number of carboxylic acid groups (broad SMARTS) is 1. The van der Waals surface area contributed by atoms with Gasteiger partial charge in [-0.3, -0.25) is 4.79 Å². The molecule has 1 atom stereocenters. The fourth-order valence-electron chi connectivity index (χ4n) is 1.24. The van der Waals surface area contributed by atoms with Crippen LogP contribution in [0.4, 0.5) is 0 Å². The van der Waals surface area contributed by atoms with E-state index in [0.717, 1.165) is 0 Å². The molecule has 0 aliphatic carbocycles. The van der Waals surface area contributed by atoms with Crippen LogP contribution in [0.3, 0.4) is 0 Å². The lowest BCUT2D eigenvalue weighted by atomic mass is 10.3. The van der Waals surface area contributed by atoms with Gasteiger partial charge in [0.25, 0.3) is 5.97 Å². The highest BCUT2D eigenvalue weighted by atomic mass is 27.2. The third-order valence-corrected chi connectivity index (χ3v) is 4.94. The van der Waals surface area contributed by atoms with E-state index in [1.807, 2.05) is 34.6 Å². The Kier molecular flexibility index (Phi) is 7.20. The van der Waals surface area contributed by atoms with Gasteiger partial charge in [0, 0.05) is 12.2 Å².